The minimum Gasteiger partial charge on any atom is -0.481 e. The van der Waals surface area contributed by atoms with Gasteiger partial charge in [-0.05, 0) is 61.7 Å². The zero-order valence-electron chi connectivity index (χ0n) is 24.0. The third kappa shape index (κ3) is 9.23. The summed E-state index contributed by atoms with van der Waals surface area (Å²) in [5.41, 5.74) is 2.38. The number of aliphatic carboxylic acids is 2. The number of hydrogen-bond donors (Lipinski definition) is 3. The minimum absolute atomic E-state index is 0.0454. The van der Waals surface area contributed by atoms with Crippen LogP contribution in [0.3, 0.4) is 0 Å². The molecular formula is C30H34Cl2N6O6. The fraction of sp³-hybridized carbons (Fsp3) is 0.433. The molecule has 0 bridgehead atoms. The van der Waals surface area contributed by atoms with Crippen molar-refractivity contribution in [2.45, 2.75) is 31.8 Å². The van der Waals surface area contributed by atoms with Gasteiger partial charge in [0.25, 0.3) is 0 Å². The molecule has 2 fully saturated rings. The highest BCUT2D eigenvalue weighted by Crippen LogP contribution is 2.31. The quantitative estimate of drug-likeness (QED) is 0.259. The first-order chi connectivity index (χ1) is 21.2. The Morgan fingerprint density at radius 3 is 2.39 bits per heavy atom. The minimum atomic E-state index is -1.00. The average molecular weight is 646 g/mol. The molecule has 1 aromatic carbocycles. The van der Waals surface area contributed by atoms with E-state index < -0.39 is 11.9 Å². The summed E-state index contributed by atoms with van der Waals surface area (Å²) < 4.78 is 11.4. The monoisotopic (exact) mass is 644 g/mol. The molecule has 5 rings (SSSR count). The van der Waals surface area contributed by atoms with Gasteiger partial charge in [0.1, 0.15) is 6.61 Å². The van der Waals surface area contributed by atoms with Crippen molar-refractivity contribution in [2.75, 3.05) is 50.8 Å². The summed E-state index contributed by atoms with van der Waals surface area (Å²) in [6, 6.07) is 9.08. The van der Waals surface area contributed by atoms with Gasteiger partial charge >= 0.3 is 11.9 Å². The second-order valence-corrected chi connectivity index (χ2v) is 11.9. The van der Waals surface area contributed by atoms with Crippen molar-refractivity contribution in [2.24, 2.45) is 5.92 Å². The molecule has 2 aromatic heterocycles. The molecule has 0 saturated carbocycles. The molecule has 12 nitrogen and oxygen atoms in total. The number of halogens is 2. The number of hydrogen-bond acceptors (Lipinski definition) is 10. The molecule has 4 heterocycles. The summed E-state index contributed by atoms with van der Waals surface area (Å²) in [6.45, 7) is 4.15. The molecule has 2 aliphatic heterocycles. The fourth-order valence-corrected chi connectivity index (χ4v) is 5.99. The number of aromatic nitrogens is 3. The van der Waals surface area contributed by atoms with Crippen LogP contribution in [-0.2, 0) is 20.9 Å². The van der Waals surface area contributed by atoms with E-state index in [-0.39, 0.29) is 31.6 Å². The van der Waals surface area contributed by atoms with Crippen LogP contribution < -0.4 is 15.0 Å². The molecule has 44 heavy (non-hydrogen) atoms. The molecule has 14 heteroatoms. The number of carboxylic acid groups (broad SMARTS) is 2. The Bertz CT molecular complexity index is 1430. The van der Waals surface area contributed by atoms with E-state index in [0.717, 1.165) is 37.1 Å². The smallest absolute Gasteiger partial charge is 0.329 e. The van der Waals surface area contributed by atoms with Crippen LogP contribution in [0.15, 0.2) is 42.7 Å². The second kappa shape index (κ2) is 15.0. The molecule has 2 saturated heterocycles. The van der Waals surface area contributed by atoms with E-state index in [1.165, 1.54) is 0 Å². The summed E-state index contributed by atoms with van der Waals surface area (Å²) >= 11 is 12.6. The molecule has 3 N–H and O–H groups in total. The number of likely N-dealkylation sites (tertiary alicyclic amines) is 1. The number of nitrogens with one attached hydrogen (secondary N) is 1. The highest BCUT2D eigenvalue weighted by molar-refractivity contribution is 6.35. The fourth-order valence-electron chi connectivity index (χ4n) is 5.46. The molecule has 234 valence electrons. The van der Waals surface area contributed by atoms with Crippen molar-refractivity contribution in [1.82, 2.24) is 25.2 Å². The largest absolute Gasteiger partial charge is 0.481 e. The Morgan fingerprint density at radius 1 is 0.977 bits per heavy atom. The number of benzene rings is 1. The lowest BCUT2D eigenvalue weighted by molar-refractivity contribution is -0.142. The van der Waals surface area contributed by atoms with Gasteiger partial charge in [0, 0.05) is 60.3 Å². The van der Waals surface area contributed by atoms with E-state index in [1.54, 1.807) is 30.6 Å². The van der Waals surface area contributed by atoms with Crippen LogP contribution in [0.4, 0.5) is 5.95 Å². The number of piperidine rings is 1. The van der Waals surface area contributed by atoms with Gasteiger partial charge in [0.05, 0.1) is 24.7 Å². The van der Waals surface area contributed by atoms with E-state index in [1.807, 2.05) is 17.0 Å². The van der Waals surface area contributed by atoms with E-state index in [4.69, 9.17) is 47.9 Å². The van der Waals surface area contributed by atoms with E-state index >= 15 is 0 Å². The van der Waals surface area contributed by atoms with Gasteiger partial charge in [-0.15, -0.1) is 0 Å². The standard InChI is InChI=1S/C30H34Cl2N6O6/c31-22-10-21(11-23(32)12-22)26-7-20(15-37-4-1-19(2-5-37)9-28(39)40)8-27(36-26)44-25-13-34-30(35-14-25)38-6-3-33-24(16-38)17-43-18-29(41)42/h7-8,10-14,19,24,33H,1-6,9,15-18H2,(H,39,40)(H,41,42). The highest BCUT2D eigenvalue weighted by atomic mass is 35.5. The van der Waals surface area contributed by atoms with E-state index in [2.05, 4.69) is 20.2 Å². The van der Waals surface area contributed by atoms with Crippen molar-refractivity contribution >= 4 is 41.1 Å². The molecular weight excluding hydrogens is 611 g/mol. The Labute approximate surface area is 264 Å². The number of pyridine rings is 1. The molecule has 1 unspecified atom stereocenters. The van der Waals surface area contributed by atoms with Gasteiger partial charge in [-0.1, -0.05) is 23.2 Å². The van der Waals surface area contributed by atoms with Crippen LogP contribution >= 0.6 is 23.2 Å². The first-order valence-electron chi connectivity index (χ1n) is 14.4. The molecule has 1 atom stereocenters. The first kappa shape index (κ1) is 31.9. The number of carbonyl (C=O) groups is 2. The number of ether oxygens (including phenoxy) is 2. The Hall–Kier alpha value is -3.55. The van der Waals surface area contributed by atoms with Crippen LogP contribution in [0.1, 0.15) is 24.8 Å². The summed E-state index contributed by atoms with van der Waals surface area (Å²) in [5, 5.41) is 22.2. The topological polar surface area (TPSA) is 150 Å². The summed E-state index contributed by atoms with van der Waals surface area (Å²) in [5.74, 6) is -0.240. The average Bonchev–Trinajstić information content (AvgIpc) is 2.98. The van der Waals surface area contributed by atoms with Gasteiger partial charge in [-0.3, -0.25) is 9.69 Å². The van der Waals surface area contributed by atoms with E-state index in [9.17, 15) is 9.59 Å². The maximum atomic E-state index is 11.1. The lowest BCUT2D eigenvalue weighted by Gasteiger charge is -2.33. The summed E-state index contributed by atoms with van der Waals surface area (Å²) in [7, 11) is 0. The van der Waals surface area contributed by atoms with Crippen molar-refractivity contribution in [3.63, 3.8) is 0 Å². The maximum absolute atomic E-state index is 11.1. The summed E-state index contributed by atoms with van der Waals surface area (Å²) in [6.07, 6.45) is 5.07. The van der Waals surface area contributed by atoms with Crippen molar-refractivity contribution in [3.05, 3.63) is 58.3 Å². The number of piperazine rings is 1. The molecule has 2 aliphatic rings. The van der Waals surface area contributed by atoms with Crippen LogP contribution in [-0.4, -0.2) is 94.0 Å². The number of carboxylic acids is 2. The van der Waals surface area contributed by atoms with Crippen LogP contribution in [0, 0.1) is 5.92 Å². The van der Waals surface area contributed by atoms with E-state index in [0.29, 0.717) is 59.5 Å². The van der Waals surface area contributed by atoms with Gasteiger partial charge in [-0.2, -0.15) is 0 Å². The molecule has 0 radical (unpaired) electrons. The normalized spacial score (nSPS) is 17.9. The maximum Gasteiger partial charge on any atom is 0.329 e. The lowest BCUT2D eigenvalue weighted by atomic mass is 9.93. The van der Waals surface area contributed by atoms with Crippen molar-refractivity contribution in [3.8, 4) is 22.9 Å². The SMILES string of the molecule is O=C(O)COCC1CN(c2ncc(Oc3cc(CN4CCC(CC(=O)O)CC4)cc(-c4cc(Cl)cc(Cl)c4)n3)cn2)CCN1. The highest BCUT2D eigenvalue weighted by Gasteiger charge is 2.23. The zero-order chi connectivity index (χ0) is 31.1. The van der Waals surface area contributed by atoms with Gasteiger partial charge in [0.2, 0.25) is 11.8 Å². The zero-order valence-corrected chi connectivity index (χ0v) is 25.5. The Morgan fingerprint density at radius 2 is 1.70 bits per heavy atom. The molecule has 0 amide bonds. The van der Waals surface area contributed by atoms with Gasteiger partial charge in [-0.25, -0.2) is 19.7 Å². The Kier molecular flexibility index (Phi) is 10.8. The number of nitrogens with zero attached hydrogens (tertiary/aromatic N) is 5. The molecule has 3 aromatic rings. The predicted molar refractivity (Wildman–Crippen MR) is 165 cm³/mol. The molecule has 0 aliphatic carbocycles. The lowest BCUT2D eigenvalue weighted by Crippen LogP contribution is -2.53. The van der Waals surface area contributed by atoms with Crippen molar-refractivity contribution in [1.29, 1.82) is 0 Å². The molecule has 0 spiro atoms. The van der Waals surface area contributed by atoms with Crippen LogP contribution in [0.2, 0.25) is 10.0 Å². The predicted octanol–water partition coefficient (Wildman–Crippen LogP) is 4.20. The second-order valence-electron chi connectivity index (χ2n) is 11.0. The van der Waals surface area contributed by atoms with Crippen LogP contribution in [0.5, 0.6) is 11.6 Å². The van der Waals surface area contributed by atoms with Gasteiger partial charge in [0.15, 0.2) is 5.75 Å². The van der Waals surface area contributed by atoms with Crippen molar-refractivity contribution < 1.29 is 29.3 Å². The third-order valence-electron chi connectivity index (χ3n) is 7.52. The summed E-state index contributed by atoms with van der Waals surface area (Å²) in [4.78, 5) is 39.9. The van der Waals surface area contributed by atoms with Crippen LogP contribution in [0.25, 0.3) is 11.3 Å². The first-order valence-corrected chi connectivity index (χ1v) is 15.1. The number of rotatable bonds is 12. The number of anilines is 1. The third-order valence-corrected chi connectivity index (χ3v) is 7.95. The van der Waals surface area contributed by atoms with Gasteiger partial charge < -0.3 is 29.9 Å². The Balaban J connectivity index is 1.29.